The van der Waals surface area contributed by atoms with Crippen molar-refractivity contribution in [3.63, 3.8) is 0 Å². The number of carbonyl (C=O) groups is 2. The summed E-state index contributed by atoms with van der Waals surface area (Å²) in [7, 11) is 0. The topological polar surface area (TPSA) is 107 Å². The third kappa shape index (κ3) is 5.89. The number of aliphatic carboxylic acids is 1. The minimum Gasteiger partial charge on any atom is -0.481 e. The van der Waals surface area contributed by atoms with Crippen LogP contribution in [-0.2, 0) is 4.79 Å². The SMILES string of the molecule is CC(CCCC(C)C(=O)O)NC(=O)Nc1cn[nH]c1. The van der Waals surface area contributed by atoms with Gasteiger partial charge in [0.25, 0.3) is 0 Å². The van der Waals surface area contributed by atoms with Crippen molar-refractivity contribution in [1.29, 1.82) is 0 Å². The monoisotopic (exact) mass is 268 g/mol. The van der Waals surface area contributed by atoms with Crippen molar-refractivity contribution < 1.29 is 14.7 Å². The van der Waals surface area contributed by atoms with E-state index in [1.807, 2.05) is 6.92 Å². The van der Waals surface area contributed by atoms with E-state index in [0.29, 0.717) is 12.1 Å². The molecule has 0 radical (unpaired) electrons. The summed E-state index contributed by atoms with van der Waals surface area (Å²) in [4.78, 5) is 22.2. The largest absolute Gasteiger partial charge is 0.481 e. The van der Waals surface area contributed by atoms with Gasteiger partial charge in [-0.15, -0.1) is 0 Å². The Morgan fingerprint density at radius 2 is 2.16 bits per heavy atom. The number of H-pyrrole nitrogens is 1. The predicted octanol–water partition coefficient (Wildman–Crippen LogP) is 1.81. The number of urea groups is 1. The summed E-state index contributed by atoms with van der Waals surface area (Å²) < 4.78 is 0. The number of carboxylic acids is 1. The number of hydrogen-bond donors (Lipinski definition) is 4. The molecule has 2 atom stereocenters. The van der Waals surface area contributed by atoms with E-state index < -0.39 is 5.97 Å². The molecule has 1 aromatic rings. The normalized spacial score (nSPS) is 13.6. The van der Waals surface area contributed by atoms with Crippen molar-refractivity contribution >= 4 is 17.7 Å². The smallest absolute Gasteiger partial charge is 0.319 e. The molecule has 19 heavy (non-hydrogen) atoms. The van der Waals surface area contributed by atoms with Crippen LogP contribution in [0.2, 0.25) is 0 Å². The molecular formula is C12H20N4O3. The molecule has 1 aromatic heterocycles. The lowest BCUT2D eigenvalue weighted by Gasteiger charge is -2.14. The summed E-state index contributed by atoms with van der Waals surface area (Å²) in [5.41, 5.74) is 0.601. The van der Waals surface area contributed by atoms with Crippen molar-refractivity contribution in [2.24, 2.45) is 5.92 Å². The summed E-state index contributed by atoms with van der Waals surface area (Å²) in [5.74, 6) is -1.12. The van der Waals surface area contributed by atoms with E-state index in [2.05, 4.69) is 20.8 Å². The van der Waals surface area contributed by atoms with Crippen LogP contribution < -0.4 is 10.6 Å². The first-order valence-corrected chi connectivity index (χ1v) is 6.28. The van der Waals surface area contributed by atoms with Gasteiger partial charge in [0.2, 0.25) is 0 Å². The molecular weight excluding hydrogens is 248 g/mol. The number of nitrogens with one attached hydrogen (secondary N) is 3. The quantitative estimate of drug-likeness (QED) is 0.605. The zero-order valence-corrected chi connectivity index (χ0v) is 11.1. The van der Waals surface area contributed by atoms with E-state index in [0.717, 1.165) is 12.8 Å². The van der Waals surface area contributed by atoms with Crippen molar-refractivity contribution in [3.05, 3.63) is 12.4 Å². The number of amides is 2. The van der Waals surface area contributed by atoms with Crippen molar-refractivity contribution in [3.8, 4) is 0 Å². The fourth-order valence-corrected chi connectivity index (χ4v) is 1.64. The zero-order valence-electron chi connectivity index (χ0n) is 11.1. The lowest BCUT2D eigenvalue weighted by Crippen LogP contribution is -2.36. The maximum Gasteiger partial charge on any atom is 0.319 e. The van der Waals surface area contributed by atoms with E-state index in [1.165, 1.54) is 6.20 Å². The maximum absolute atomic E-state index is 11.6. The first-order chi connectivity index (χ1) is 8.99. The molecule has 0 aliphatic rings. The second kappa shape index (κ2) is 7.40. The number of aromatic amines is 1. The second-order valence-corrected chi connectivity index (χ2v) is 4.66. The van der Waals surface area contributed by atoms with E-state index >= 15 is 0 Å². The molecule has 0 aromatic carbocycles. The summed E-state index contributed by atoms with van der Waals surface area (Å²) >= 11 is 0. The number of anilines is 1. The molecule has 1 rings (SSSR count). The van der Waals surface area contributed by atoms with Crippen LogP contribution in [0.1, 0.15) is 33.1 Å². The average molecular weight is 268 g/mol. The molecule has 7 heteroatoms. The van der Waals surface area contributed by atoms with Crippen LogP contribution in [0.15, 0.2) is 12.4 Å². The van der Waals surface area contributed by atoms with Gasteiger partial charge in [0, 0.05) is 12.2 Å². The average Bonchev–Trinajstić information content (AvgIpc) is 2.81. The van der Waals surface area contributed by atoms with E-state index in [-0.39, 0.29) is 18.0 Å². The van der Waals surface area contributed by atoms with Crippen LogP contribution >= 0.6 is 0 Å². The van der Waals surface area contributed by atoms with Crippen molar-refractivity contribution in [2.75, 3.05) is 5.32 Å². The fraction of sp³-hybridized carbons (Fsp3) is 0.583. The molecule has 2 amide bonds. The van der Waals surface area contributed by atoms with Crippen LogP contribution in [0.5, 0.6) is 0 Å². The highest BCUT2D eigenvalue weighted by Crippen LogP contribution is 2.09. The highest BCUT2D eigenvalue weighted by Gasteiger charge is 2.12. The van der Waals surface area contributed by atoms with Crippen LogP contribution in [0.25, 0.3) is 0 Å². The van der Waals surface area contributed by atoms with E-state index in [4.69, 9.17) is 5.11 Å². The molecule has 0 aliphatic heterocycles. The van der Waals surface area contributed by atoms with Gasteiger partial charge in [0.05, 0.1) is 17.8 Å². The van der Waals surface area contributed by atoms with Gasteiger partial charge in [-0.2, -0.15) is 5.10 Å². The van der Waals surface area contributed by atoms with Gasteiger partial charge in [-0.1, -0.05) is 13.3 Å². The van der Waals surface area contributed by atoms with Gasteiger partial charge < -0.3 is 15.7 Å². The third-order valence-corrected chi connectivity index (χ3v) is 2.83. The summed E-state index contributed by atoms with van der Waals surface area (Å²) in [5, 5.41) is 20.5. The number of nitrogens with zero attached hydrogens (tertiary/aromatic N) is 1. The second-order valence-electron chi connectivity index (χ2n) is 4.66. The number of carboxylic acid groups (broad SMARTS) is 1. The summed E-state index contributed by atoms with van der Waals surface area (Å²) in [6.07, 6.45) is 5.22. The highest BCUT2D eigenvalue weighted by atomic mass is 16.4. The minimum absolute atomic E-state index is 0.00658. The Hall–Kier alpha value is -2.05. The van der Waals surface area contributed by atoms with Crippen LogP contribution in [0.4, 0.5) is 10.5 Å². The first-order valence-electron chi connectivity index (χ1n) is 6.28. The Labute approximate surface area is 111 Å². The molecule has 1 heterocycles. The molecule has 0 fully saturated rings. The molecule has 0 bridgehead atoms. The Morgan fingerprint density at radius 3 is 2.74 bits per heavy atom. The van der Waals surface area contributed by atoms with E-state index in [1.54, 1.807) is 13.1 Å². The van der Waals surface area contributed by atoms with Gasteiger partial charge in [0.1, 0.15) is 0 Å². The number of rotatable bonds is 7. The molecule has 7 nitrogen and oxygen atoms in total. The molecule has 0 saturated heterocycles. The molecule has 0 saturated carbocycles. The molecule has 0 aliphatic carbocycles. The van der Waals surface area contributed by atoms with Crippen LogP contribution in [0, 0.1) is 5.92 Å². The minimum atomic E-state index is -0.779. The summed E-state index contributed by atoms with van der Waals surface area (Å²) in [6, 6.07) is -0.298. The molecule has 106 valence electrons. The number of hydrogen-bond acceptors (Lipinski definition) is 3. The standard InChI is InChI=1S/C12H20N4O3/c1-8(11(17)18)4-3-5-9(2)15-12(19)16-10-6-13-14-7-10/h6-9H,3-5H2,1-2H3,(H,13,14)(H,17,18)(H2,15,16,19). The number of carbonyl (C=O) groups excluding carboxylic acids is 1. The molecule has 2 unspecified atom stereocenters. The molecule has 0 spiro atoms. The predicted molar refractivity (Wildman–Crippen MR) is 70.9 cm³/mol. The van der Waals surface area contributed by atoms with Gasteiger partial charge in [-0.25, -0.2) is 4.79 Å². The van der Waals surface area contributed by atoms with E-state index in [9.17, 15) is 9.59 Å². The van der Waals surface area contributed by atoms with Gasteiger partial charge >= 0.3 is 12.0 Å². The van der Waals surface area contributed by atoms with Gasteiger partial charge in [0.15, 0.2) is 0 Å². The Balaban J connectivity index is 2.18. The molecule has 4 N–H and O–H groups in total. The lowest BCUT2D eigenvalue weighted by atomic mass is 10.0. The fourth-order valence-electron chi connectivity index (χ4n) is 1.64. The van der Waals surface area contributed by atoms with Crippen molar-refractivity contribution in [2.45, 2.75) is 39.2 Å². The van der Waals surface area contributed by atoms with Crippen molar-refractivity contribution in [1.82, 2.24) is 15.5 Å². The zero-order chi connectivity index (χ0) is 14.3. The van der Waals surface area contributed by atoms with Crippen LogP contribution in [0.3, 0.4) is 0 Å². The third-order valence-electron chi connectivity index (χ3n) is 2.83. The highest BCUT2D eigenvalue weighted by molar-refractivity contribution is 5.89. The first kappa shape index (κ1) is 15.0. The van der Waals surface area contributed by atoms with Crippen LogP contribution in [-0.4, -0.2) is 33.3 Å². The summed E-state index contributed by atoms with van der Waals surface area (Å²) in [6.45, 7) is 3.58. The van der Waals surface area contributed by atoms with Gasteiger partial charge in [-0.05, 0) is 19.8 Å². The Kier molecular flexibility index (Phi) is 5.84. The number of aromatic nitrogens is 2. The lowest BCUT2D eigenvalue weighted by molar-refractivity contribution is -0.141. The Morgan fingerprint density at radius 1 is 1.42 bits per heavy atom. The van der Waals surface area contributed by atoms with Gasteiger partial charge in [-0.3, -0.25) is 9.89 Å². The maximum atomic E-state index is 11.6. The Bertz CT molecular complexity index is 405.